The smallest absolute Gasteiger partial charge is 0.354 e. The summed E-state index contributed by atoms with van der Waals surface area (Å²) in [6.07, 6.45) is 3.29. The van der Waals surface area contributed by atoms with Crippen LogP contribution in [0.4, 0.5) is 0 Å². The van der Waals surface area contributed by atoms with Crippen molar-refractivity contribution >= 4 is 23.2 Å². The normalized spacial score (nSPS) is 17.7. The molecule has 1 N–H and O–H groups in total. The molecule has 2 aromatic heterocycles. The summed E-state index contributed by atoms with van der Waals surface area (Å²) in [4.78, 5) is 31.6. The van der Waals surface area contributed by atoms with Crippen molar-refractivity contribution in [3.8, 4) is 0 Å². The van der Waals surface area contributed by atoms with Gasteiger partial charge in [0.1, 0.15) is 5.69 Å². The molecule has 1 aliphatic heterocycles. The fourth-order valence-electron chi connectivity index (χ4n) is 2.75. The third-order valence-corrected chi connectivity index (χ3v) is 4.93. The highest BCUT2D eigenvalue weighted by atomic mass is 32.1. The highest BCUT2D eigenvalue weighted by Crippen LogP contribution is 2.36. The number of carboxylic acids is 1. The van der Waals surface area contributed by atoms with Crippen molar-refractivity contribution in [1.82, 2.24) is 9.88 Å². The molecule has 3 rings (SSSR count). The second-order valence-corrected chi connectivity index (χ2v) is 6.66. The van der Waals surface area contributed by atoms with Gasteiger partial charge in [-0.15, -0.1) is 11.3 Å². The molecular weight excluding hydrogens is 300 g/mol. The molecule has 0 bridgehead atoms. The first-order chi connectivity index (χ1) is 10.6. The van der Waals surface area contributed by atoms with Crippen LogP contribution in [0.25, 0.3) is 0 Å². The molecule has 1 atom stereocenters. The molecule has 0 aromatic carbocycles. The van der Waals surface area contributed by atoms with E-state index in [0.717, 1.165) is 19.4 Å². The highest BCUT2D eigenvalue weighted by Gasteiger charge is 2.31. The minimum Gasteiger partial charge on any atom is -0.477 e. The van der Waals surface area contributed by atoms with E-state index in [4.69, 9.17) is 5.11 Å². The van der Waals surface area contributed by atoms with Gasteiger partial charge in [0, 0.05) is 22.5 Å². The minimum atomic E-state index is -1.09. The third-order valence-electron chi connectivity index (χ3n) is 3.83. The van der Waals surface area contributed by atoms with E-state index >= 15 is 0 Å². The molecule has 1 aliphatic rings. The first-order valence-electron chi connectivity index (χ1n) is 7.13. The largest absolute Gasteiger partial charge is 0.477 e. The fraction of sp³-hybridized carbons (Fsp3) is 0.312. The molecule has 6 heteroatoms. The number of carbonyl (C=O) groups excluding carboxylic acids is 1. The molecule has 1 saturated heterocycles. The van der Waals surface area contributed by atoms with E-state index in [1.165, 1.54) is 28.1 Å². The van der Waals surface area contributed by atoms with Gasteiger partial charge in [-0.2, -0.15) is 0 Å². The highest BCUT2D eigenvalue weighted by molar-refractivity contribution is 7.12. The number of rotatable bonds is 3. The van der Waals surface area contributed by atoms with Crippen LogP contribution in [0, 0.1) is 6.92 Å². The number of amides is 1. The van der Waals surface area contributed by atoms with E-state index < -0.39 is 5.97 Å². The van der Waals surface area contributed by atoms with Crippen LogP contribution < -0.4 is 0 Å². The van der Waals surface area contributed by atoms with Crippen LogP contribution in [0.3, 0.4) is 0 Å². The summed E-state index contributed by atoms with van der Waals surface area (Å²) in [7, 11) is 0. The zero-order valence-electron chi connectivity index (χ0n) is 12.2. The molecule has 2 aromatic rings. The van der Waals surface area contributed by atoms with Gasteiger partial charge < -0.3 is 10.0 Å². The zero-order valence-corrected chi connectivity index (χ0v) is 13.0. The fourth-order valence-corrected chi connectivity index (χ4v) is 3.78. The number of carbonyl (C=O) groups is 2. The quantitative estimate of drug-likeness (QED) is 0.944. The number of aromatic nitrogens is 1. The van der Waals surface area contributed by atoms with Crippen molar-refractivity contribution in [1.29, 1.82) is 0 Å². The second kappa shape index (κ2) is 5.88. The Hall–Kier alpha value is -2.21. The minimum absolute atomic E-state index is 0.0524. The number of aryl methyl sites for hydroxylation is 1. The van der Waals surface area contributed by atoms with Crippen molar-refractivity contribution in [3.05, 3.63) is 51.5 Å². The van der Waals surface area contributed by atoms with Gasteiger partial charge in [0.2, 0.25) is 0 Å². The molecule has 114 valence electrons. The third kappa shape index (κ3) is 2.74. The van der Waals surface area contributed by atoms with Gasteiger partial charge in [0.05, 0.1) is 11.6 Å². The van der Waals surface area contributed by atoms with Gasteiger partial charge in [0.15, 0.2) is 0 Å². The van der Waals surface area contributed by atoms with Crippen molar-refractivity contribution in [2.45, 2.75) is 25.8 Å². The lowest BCUT2D eigenvalue weighted by Crippen LogP contribution is -2.30. The van der Waals surface area contributed by atoms with Crippen LogP contribution in [0.1, 0.15) is 49.5 Å². The molecular formula is C16H16N2O3S. The summed E-state index contributed by atoms with van der Waals surface area (Å²) in [6, 6.07) is 7.18. The monoisotopic (exact) mass is 316 g/mol. The maximum absolute atomic E-state index is 12.7. The SMILES string of the molecule is Cc1ccc(C2CCCN2C(=O)c2ccc(C(=O)O)nc2)s1. The van der Waals surface area contributed by atoms with Crippen molar-refractivity contribution in [2.24, 2.45) is 0 Å². The summed E-state index contributed by atoms with van der Waals surface area (Å²) in [6.45, 7) is 2.78. The number of hydrogen-bond donors (Lipinski definition) is 1. The number of pyridine rings is 1. The predicted octanol–water partition coefficient (Wildman–Crippen LogP) is 3.13. The number of nitrogens with zero attached hydrogens (tertiary/aromatic N) is 2. The standard InChI is InChI=1S/C16H16N2O3S/c1-10-4-7-14(22-10)13-3-2-8-18(13)15(19)11-5-6-12(16(20)21)17-9-11/h4-7,9,13H,2-3,8H2,1H3,(H,20,21). The predicted molar refractivity (Wildman–Crippen MR) is 83.3 cm³/mol. The summed E-state index contributed by atoms with van der Waals surface area (Å²) < 4.78 is 0. The van der Waals surface area contributed by atoms with Crippen LogP contribution in [-0.4, -0.2) is 33.4 Å². The van der Waals surface area contributed by atoms with Crippen molar-refractivity contribution in [2.75, 3.05) is 6.54 Å². The topological polar surface area (TPSA) is 70.5 Å². The summed E-state index contributed by atoms with van der Waals surface area (Å²) in [5.41, 5.74) is 0.383. The molecule has 0 radical (unpaired) electrons. The number of carboxylic acid groups (broad SMARTS) is 1. The van der Waals surface area contributed by atoms with Gasteiger partial charge in [0.25, 0.3) is 5.91 Å². The first kappa shape index (κ1) is 14.7. The first-order valence-corrected chi connectivity index (χ1v) is 7.94. The molecule has 3 heterocycles. The Kier molecular flexibility index (Phi) is 3.94. The van der Waals surface area contributed by atoms with Gasteiger partial charge >= 0.3 is 5.97 Å². The van der Waals surface area contributed by atoms with E-state index in [-0.39, 0.29) is 17.6 Å². The number of hydrogen-bond acceptors (Lipinski definition) is 4. The summed E-state index contributed by atoms with van der Waals surface area (Å²) >= 11 is 1.72. The van der Waals surface area contributed by atoms with Crippen molar-refractivity contribution in [3.63, 3.8) is 0 Å². The van der Waals surface area contributed by atoms with Crippen LogP contribution in [-0.2, 0) is 0 Å². The lowest BCUT2D eigenvalue weighted by Gasteiger charge is -2.23. The zero-order chi connectivity index (χ0) is 15.7. The molecule has 22 heavy (non-hydrogen) atoms. The van der Waals surface area contributed by atoms with E-state index in [0.29, 0.717) is 5.56 Å². The Bertz CT molecular complexity index is 708. The average Bonchev–Trinajstić information content (AvgIpc) is 3.15. The summed E-state index contributed by atoms with van der Waals surface area (Å²) in [5, 5.41) is 8.86. The molecule has 5 nitrogen and oxygen atoms in total. The number of likely N-dealkylation sites (tertiary alicyclic amines) is 1. The molecule has 0 saturated carbocycles. The van der Waals surface area contributed by atoms with Crippen LogP contribution in [0.2, 0.25) is 0 Å². The maximum Gasteiger partial charge on any atom is 0.354 e. The van der Waals surface area contributed by atoms with Gasteiger partial charge in [-0.3, -0.25) is 4.79 Å². The lowest BCUT2D eigenvalue weighted by atomic mass is 10.1. The van der Waals surface area contributed by atoms with Crippen LogP contribution >= 0.6 is 11.3 Å². The maximum atomic E-state index is 12.7. The lowest BCUT2D eigenvalue weighted by molar-refractivity contribution is 0.0686. The Labute approximate surface area is 132 Å². The van der Waals surface area contributed by atoms with E-state index in [1.54, 1.807) is 11.3 Å². The Morgan fingerprint density at radius 1 is 1.32 bits per heavy atom. The number of thiophene rings is 1. The Balaban J connectivity index is 1.82. The summed E-state index contributed by atoms with van der Waals surface area (Å²) in [5.74, 6) is -1.18. The van der Waals surface area contributed by atoms with Gasteiger partial charge in [-0.1, -0.05) is 0 Å². The number of aromatic carboxylic acids is 1. The van der Waals surface area contributed by atoms with E-state index in [9.17, 15) is 9.59 Å². The van der Waals surface area contributed by atoms with E-state index in [1.807, 2.05) is 4.90 Å². The van der Waals surface area contributed by atoms with E-state index in [2.05, 4.69) is 24.0 Å². The molecule has 0 spiro atoms. The molecule has 1 amide bonds. The molecule has 1 unspecified atom stereocenters. The Morgan fingerprint density at radius 3 is 2.73 bits per heavy atom. The Morgan fingerprint density at radius 2 is 2.14 bits per heavy atom. The van der Waals surface area contributed by atoms with Crippen molar-refractivity contribution < 1.29 is 14.7 Å². The van der Waals surface area contributed by atoms with Gasteiger partial charge in [-0.05, 0) is 44.0 Å². The second-order valence-electron chi connectivity index (χ2n) is 5.34. The van der Waals surface area contributed by atoms with Crippen LogP contribution in [0.15, 0.2) is 30.5 Å². The average molecular weight is 316 g/mol. The van der Waals surface area contributed by atoms with Crippen LogP contribution in [0.5, 0.6) is 0 Å². The molecule has 0 aliphatic carbocycles. The molecule has 1 fully saturated rings. The van der Waals surface area contributed by atoms with Gasteiger partial charge in [-0.25, -0.2) is 9.78 Å².